The SMILES string of the molecule is COC(=O)C1=C(C)N(Cc2ccccc2C#N)C(=O)C[C@H]1c1ccccc1. The van der Waals surface area contributed by atoms with E-state index in [0.29, 0.717) is 16.8 Å². The highest BCUT2D eigenvalue weighted by Gasteiger charge is 2.36. The molecule has 0 radical (unpaired) electrons. The van der Waals surface area contributed by atoms with E-state index < -0.39 is 5.97 Å². The summed E-state index contributed by atoms with van der Waals surface area (Å²) >= 11 is 0. The Bertz CT molecular complexity index is 942. The summed E-state index contributed by atoms with van der Waals surface area (Å²) < 4.78 is 5.00. The van der Waals surface area contributed by atoms with Crippen LogP contribution in [-0.2, 0) is 20.9 Å². The molecule has 3 rings (SSSR count). The van der Waals surface area contributed by atoms with E-state index in [9.17, 15) is 14.9 Å². The van der Waals surface area contributed by atoms with Gasteiger partial charge in [-0.05, 0) is 24.1 Å². The minimum atomic E-state index is -0.438. The van der Waals surface area contributed by atoms with E-state index in [0.717, 1.165) is 11.1 Å². The molecule has 27 heavy (non-hydrogen) atoms. The van der Waals surface area contributed by atoms with Gasteiger partial charge in [0.15, 0.2) is 0 Å². The van der Waals surface area contributed by atoms with Gasteiger partial charge in [-0.1, -0.05) is 48.5 Å². The normalized spacial score (nSPS) is 16.9. The number of esters is 1. The number of amides is 1. The summed E-state index contributed by atoms with van der Waals surface area (Å²) in [6.07, 6.45) is 0.181. The van der Waals surface area contributed by atoms with Gasteiger partial charge in [0.1, 0.15) is 0 Å². The van der Waals surface area contributed by atoms with Crippen LogP contribution in [0, 0.1) is 11.3 Å². The fourth-order valence-corrected chi connectivity index (χ4v) is 3.49. The third kappa shape index (κ3) is 3.61. The van der Waals surface area contributed by atoms with Crippen LogP contribution < -0.4 is 0 Å². The molecule has 5 nitrogen and oxygen atoms in total. The Balaban J connectivity index is 2.05. The highest BCUT2D eigenvalue weighted by molar-refractivity contribution is 5.95. The molecule has 1 heterocycles. The number of nitrogens with zero attached hydrogens (tertiary/aromatic N) is 2. The number of methoxy groups -OCH3 is 1. The van der Waals surface area contributed by atoms with Crippen LogP contribution in [0.3, 0.4) is 0 Å². The highest BCUT2D eigenvalue weighted by atomic mass is 16.5. The number of hydrogen-bond donors (Lipinski definition) is 0. The van der Waals surface area contributed by atoms with Crippen LogP contribution >= 0.6 is 0 Å². The molecule has 0 fully saturated rings. The lowest BCUT2D eigenvalue weighted by atomic mass is 9.83. The van der Waals surface area contributed by atoms with E-state index in [4.69, 9.17) is 4.74 Å². The lowest BCUT2D eigenvalue weighted by Crippen LogP contribution is -2.38. The number of nitriles is 1. The maximum absolute atomic E-state index is 12.9. The zero-order valence-electron chi connectivity index (χ0n) is 15.3. The molecule has 1 aliphatic rings. The quantitative estimate of drug-likeness (QED) is 0.782. The summed E-state index contributed by atoms with van der Waals surface area (Å²) in [5.41, 5.74) is 3.22. The van der Waals surface area contributed by atoms with Gasteiger partial charge in [-0.25, -0.2) is 4.79 Å². The molecule has 0 saturated heterocycles. The molecule has 1 aliphatic heterocycles. The molecular weight excluding hydrogens is 340 g/mol. The minimum absolute atomic E-state index is 0.0817. The first kappa shape index (κ1) is 18.4. The van der Waals surface area contributed by atoms with Crippen molar-refractivity contribution in [1.29, 1.82) is 5.26 Å². The predicted octanol–water partition coefficient (Wildman–Crippen LogP) is 3.52. The van der Waals surface area contributed by atoms with E-state index in [1.165, 1.54) is 7.11 Å². The number of ether oxygens (including phenoxy) is 1. The molecule has 0 N–H and O–H groups in total. The number of hydrogen-bond acceptors (Lipinski definition) is 4. The van der Waals surface area contributed by atoms with E-state index in [1.54, 1.807) is 24.0 Å². The molecule has 2 aromatic rings. The van der Waals surface area contributed by atoms with Crippen molar-refractivity contribution >= 4 is 11.9 Å². The van der Waals surface area contributed by atoms with Crippen molar-refractivity contribution in [1.82, 2.24) is 4.90 Å². The zero-order valence-corrected chi connectivity index (χ0v) is 15.3. The molecule has 0 spiro atoms. The van der Waals surface area contributed by atoms with Crippen LogP contribution in [0.15, 0.2) is 65.9 Å². The van der Waals surface area contributed by atoms with E-state index in [2.05, 4.69) is 6.07 Å². The van der Waals surface area contributed by atoms with Gasteiger partial charge in [-0.3, -0.25) is 4.79 Å². The summed E-state index contributed by atoms with van der Waals surface area (Å²) in [6.45, 7) is 2.00. The summed E-state index contributed by atoms with van der Waals surface area (Å²) in [7, 11) is 1.34. The topological polar surface area (TPSA) is 70.4 Å². The van der Waals surface area contributed by atoms with Gasteiger partial charge < -0.3 is 9.64 Å². The van der Waals surface area contributed by atoms with Gasteiger partial charge in [-0.2, -0.15) is 5.26 Å². The Labute approximate surface area is 158 Å². The van der Waals surface area contributed by atoms with Gasteiger partial charge in [0.2, 0.25) is 5.91 Å². The maximum Gasteiger partial charge on any atom is 0.336 e. The number of carbonyl (C=O) groups excluding carboxylic acids is 2. The summed E-state index contributed by atoms with van der Waals surface area (Å²) in [4.78, 5) is 27.0. The molecule has 0 aliphatic carbocycles. The predicted molar refractivity (Wildman–Crippen MR) is 100 cm³/mol. The zero-order chi connectivity index (χ0) is 19.4. The highest BCUT2D eigenvalue weighted by Crippen LogP contribution is 2.37. The average molecular weight is 360 g/mol. The van der Waals surface area contributed by atoms with Crippen LogP contribution in [0.4, 0.5) is 0 Å². The Morgan fingerprint density at radius 1 is 1.19 bits per heavy atom. The Morgan fingerprint density at radius 3 is 2.52 bits per heavy atom. The first-order chi connectivity index (χ1) is 13.1. The number of allylic oxidation sites excluding steroid dienone is 1. The van der Waals surface area contributed by atoms with E-state index >= 15 is 0 Å². The maximum atomic E-state index is 12.9. The standard InChI is InChI=1S/C22H20N2O3/c1-15-21(22(26)27-2)19(16-8-4-3-5-9-16)12-20(25)24(15)14-18-11-7-6-10-17(18)13-23/h3-11,19H,12,14H2,1-2H3/t19-/m0/s1. The molecule has 5 heteroatoms. The summed E-state index contributed by atoms with van der Waals surface area (Å²) in [6, 6.07) is 18.8. The Kier molecular flexibility index (Phi) is 5.37. The molecule has 0 saturated carbocycles. The fourth-order valence-electron chi connectivity index (χ4n) is 3.49. The lowest BCUT2D eigenvalue weighted by molar-refractivity contribution is -0.138. The first-order valence-corrected chi connectivity index (χ1v) is 8.69. The van der Waals surface area contributed by atoms with Gasteiger partial charge in [0.05, 0.1) is 30.9 Å². The van der Waals surface area contributed by atoms with Crippen molar-refractivity contribution in [2.45, 2.75) is 25.8 Å². The smallest absolute Gasteiger partial charge is 0.336 e. The second-order valence-electron chi connectivity index (χ2n) is 6.41. The first-order valence-electron chi connectivity index (χ1n) is 8.69. The molecule has 0 unspecified atom stereocenters. The van der Waals surface area contributed by atoms with Crippen molar-refractivity contribution in [3.63, 3.8) is 0 Å². The van der Waals surface area contributed by atoms with Crippen LogP contribution in [0.1, 0.15) is 36.0 Å². The van der Waals surface area contributed by atoms with Gasteiger partial charge in [0.25, 0.3) is 0 Å². The minimum Gasteiger partial charge on any atom is -0.466 e. The molecular formula is C22H20N2O3. The summed E-state index contributed by atoms with van der Waals surface area (Å²) in [5, 5.41) is 9.31. The van der Waals surface area contributed by atoms with Crippen LogP contribution in [0.25, 0.3) is 0 Å². The van der Waals surface area contributed by atoms with E-state index in [-0.39, 0.29) is 24.8 Å². The number of rotatable bonds is 4. The molecule has 136 valence electrons. The second-order valence-corrected chi connectivity index (χ2v) is 6.41. The van der Waals surface area contributed by atoms with Gasteiger partial charge in [0, 0.05) is 18.0 Å². The van der Waals surface area contributed by atoms with Gasteiger partial charge in [-0.15, -0.1) is 0 Å². The molecule has 1 amide bonds. The molecule has 0 aromatic heterocycles. The third-order valence-electron chi connectivity index (χ3n) is 4.90. The Hall–Kier alpha value is -3.39. The molecule has 2 aromatic carbocycles. The third-order valence-corrected chi connectivity index (χ3v) is 4.90. The van der Waals surface area contributed by atoms with Crippen LogP contribution in [0.5, 0.6) is 0 Å². The number of benzene rings is 2. The summed E-state index contributed by atoms with van der Waals surface area (Å²) in [5.74, 6) is -0.859. The average Bonchev–Trinajstić information content (AvgIpc) is 2.71. The molecule has 0 bridgehead atoms. The van der Waals surface area contributed by atoms with Crippen molar-refractivity contribution in [3.05, 3.63) is 82.6 Å². The van der Waals surface area contributed by atoms with Crippen LogP contribution in [0.2, 0.25) is 0 Å². The van der Waals surface area contributed by atoms with Crippen LogP contribution in [-0.4, -0.2) is 23.9 Å². The van der Waals surface area contributed by atoms with Crippen molar-refractivity contribution in [2.75, 3.05) is 7.11 Å². The van der Waals surface area contributed by atoms with Gasteiger partial charge >= 0.3 is 5.97 Å². The fraction of sp³-hybridized carbons (Fsp3) is 0.227. The van der Waals surface area contributed by atoms with Crippen molar-refractivity contribution in [2.24, 2.45) is 0 Å². The largest absolute Gasteiger partial charge is 0.466 e. The number of carbonyl (C=O) groups is 2. The Morgan fingerprint density at radius 2 is 1.85 bits per heavy atom. The lowest BCUT2D eigenvalue weighted by Gasteiger charge is -2.34. The molecule has 1 atom stereocenters. The monoisotopic (exact) mass is 360 g/mol. The van der Waals surface area contributed by atoms with Crippen molar-refractivity contribution in [3.8, 4) is 6.07 Å². The second kappa shape index (κ2) is 7.88. The van der Waals surface area contributed by atoms with Crippen molar-refractivity contribution < 1.29 is 14.3 Å². The van der Waals surface area contributed by atoms with E-state index in [1.807, 2.05) is 42.5 Å².